The average Bonchev–Trinajstić information content (AvgIpc) is 2.53. The van der Waals surface area contributed by atoms with Crippen molar-refractivity contribution in [3.8, 4) is 0 Å². The summed E-state index contributed by atoms with van der Waals surface area (Å²) in [7, 11) is 0. The van der Waals surface area contributed by atoms with Crippen LogP contribution < -0.4 is 5.32 Å². The maximum absolute atomic E-state index is 11.3. The molecule has 0 aromatic carbocycles. The van der Waals surface area contributed by atoms with Crippen molar-refractivity contribution < 1.29 is 19.8 Å². The minimum atomic E-state index is -1.17. The second kappa shape index (κ2) is 3.93. The second-order valence-electron chi connectivity index (χ2n) is 3.28. The Labute approximate surface area is 81.5 Å². The molecule has 0 radical (unpaired) electrons. The zero-order valence-corrected chi connectivity index (χ0v) is 7.99. The van der Waals surface area contributed by atoms with E-state index in [1.54, 1.807) is 6.92 Å². The Morgan fingerprint density at radius 2 is 2.00 bits per heavy atom. The number of urea groups is 1. The van der Waals surface area contributed by atoms with Crippen LogP contribution in [0.3, 0.4) is 0 Å². The number of aliphatic hydroxyl groups excluding tert-OH is 2. The lowest BCUT2D eigenvalue weighted by Crippen LogP contribution is -2.56. The van der Waals surface area contributed by atoms with Gasteiger partial charge in [0.25, 0.3) is 5.91 Å². The van der Waals surface area contributed by atoms with Crippen LogP contribution >= 0.6 is 0 Å². The minimum Gasteiger partial charge on any atom is -0.394 e. The number of imide groups is 1. The van der Waals surface area contributed by atoms with Gasteiger partial charge in [0.1, 0.15) is 0 Å². The Hall–Kier alpha value is -1.14. The van der Waals surface area contributed by atoms with E-state index in [1.165, 1.54) is 0 Å². The smallest absolute Gasteiger partial charge is 0.325 e. The molecular formula is C8H14N2O4. The van der Waals surface area contributed by atoms with Gasteiger partial charge in [-0.3, -0.25) is 9.69 Å². The summed E-state index contributed by atoms with van der Waals surface area (Å²) in [5.41, 5.74) is -1.17. The van der Waals surface area contributed by atoms with Crippen LogP contribution in [0.1, 0.15) is 13.3 Å². The number of carbonyl (C=O) groups excluding carboxylic acids is 2. The van der Waals surface area contributed by atoms with Gasteiger partial charge in [0.05, 0.1) is 25.3 Å². The first-order valence-corrected chi connectivity index (χ1v) is 4.44. The van der Waals surface area contributed by atoms with Crippen LogP contribution in [-0.2, 0) is 4.79 Å². The molecular weight excluding hydrogens is 188 g/mol. The first kappa shape index (κ1) is 10.9. The van der Waals surface area contributed by atoms with E-state index in [9.17, 15) is 9.59 Å². The number of aliphatic hydroxyl groups is 2. The van der Waals surface area contributed by atoms with Crippen LogP contribution in [0.2, 0.25) is 0 Å². The molecule has 1 heterocycles. The molecule has 14 heavy (non-hydrogen) atoms. The largest absolute Gasteiger partial charge is 0.394 e. The van der Waals surface area contributed by atoms with Crippen molar-refractivity contribution in [2.75, 3.05) is 19.8 Å². The first-order valence-electron chi connectivity index (χ1n) is 4.44. The lowest BCUT2D eigenvalue weighted by molar-refractivity contribution is -0.132. The van der Waals surface area contributed by atoms with Gasteiger partial charge in [-0.2, -0.15) is 0 Å². The summed E-state index contributed by atoms with van der Waals surface area (Å²) in [6.07, 6.45) is 0.319. The molecule has 80 valence electrons. The molecule has 3 amide bonds. The molecule has 3 N–H and O–H groups in total. The topological polar surface area (TPSA) is 89.9 Å². The van der Waals surface area contributed by atoms with Gasteiger partial charge in [-0.1, -0.05) is 6.92 Å². The van der Waals surface area contributed by atoms with Crippen molar-refractivity contribution in [2.24, 2.45) is 0 Å². The summed E-state index contributed by atoms with van der Waals surface area (Å²) >= 11 is 0. The number of nitrogens with one attached hydrogen (secondary N) is 1. The molecule has 0 atom stereocenters. The third kappa shape index (κ3) is 1.46. The SMILES string of the molecule is CCC(CO)(CO)N1C(=O)CNC1=O. The number of rotatable bonds is 4. The maximum atomic E-state index is 11.3. The molecule has 0 unspecified atom stereocenters. The van der Waals surface area contributed by atoms with Crippen molar-refractivity contribution >= 4 is 11.9 Å². The number of hydrogen-bond donors (Lipinski definition) is 3. The Balaban J connectivity index is 2.97. The van der Waals surface area contributed by atoms with E-state index < -0.39 is 30.7 Å². The number of carbonyl (C=O) groups is 2. The monoisotopic (exact) mass is 202 g/mol. The lowest BCUT2D eigenvalue weighted by atomic mass is 9.96. The third-order valence-corrected chi connectivity index (χ3v) is 2.56. The fourth-order valence-corrected chi connectivity index (χ4v) is 1.48. The molecule has 0 spiro atoms. The zero-order valence-electron chi connectivity index (χ0n) is 7.99. The van der Waals surface area contributed by atoms with E-state index in [1.807, 2.05) is 0 Å². The minimum absolute atomic E-state index is 0.0689. The molecule has 1 aliphatic rings. The third-order valence-electron chi connectivity index (χ3n) is 2.56. The van der Waals surface area contributed by atoms with Gasteiger partial charge in [0.2, 0.25) is 0 Å². The Morgan fingerprint density at radius 3 is 2.29 bits per heavy atom. The lowest BCUT2D eigenvalue weighted by Gasteiger charge is -2.35. The Bertz CT molecular complexity index is 225. The van der Waals surface area contributed by atoms with Gasteiger partial charge in [0, 0.05) is 0 Å². The van der Waals surface area contributed by atoms with E-state index in [4.69, 9.17) is 10.2 Å². The Kier molecular flexibility index (Phi) is 3.07. The Morgan fingerprint density at radius 1 is 1.43 bits per heavy atom. The molecule has 0 bridgehead atoms. The van der Waals surface area contributed by atoms with Crippen molar-refractivity contribution in [1.82, 2.24) is 10.2 Å². The molecule has 0 aliphatic carbocycles. The van der Waals surface area contributed by atoms with Gasteiger partial charge >= 0.3 is 6.03 Å². The quantitative estimate of drug-likeness (QED) is 0.493. The summed E-state index contributed by atoms with van der Waals surface area (Å²) in [5.74, 6) is -0.417. The highest BCUT2D eigenvalue weighted by molar-refractivity contribution is 6.02. The van der Waals surface area contributed by atoms with Gasteiger partial charge in [-0.05, 0) is 6.42 Å². The van der Waals surface area contributed by atoms with Crippen LogP contribution in [0.25, 0.3) is 0 Å². The van der Waals surface area contributed by atoms with E-state index >= 15 is 0 Å². The molecule has 1 rings (SSSR count). The summed E-state index contributed by atoms with van der Waals surface area (Å²) in [4.78, 5) is 23.5. The molecule has 1 fully saturated rings. The van der Waals surface area contributed by atoms with Gasteiger partial charge in [0.15, 0.2) is 0 Å². The van der Waals surface area contributed by atoms with Crippen LogP contribution in [0, 0.1) is 0 Å². The van der Waals surface area contributed by atoms with E-state index in [0.717, 1.165) is 4.90 Å². The summed E-state index contributed by atoms with van der Waals surface area (Å²) in [6.45, 7) is 0.768. The fourth-order valence-electron chi connectivity index (χ4n) is 1.48. The van der Waals surface area contributed by atoms with Crippen molar-refractivity contribution in [3.05, 3.63) is 0 Å². The highest BCUT2D eigenvalue weighted by Crippen LogP contribution is 2.21. The van der Waals surface area contributed by atoms with E-state index in [0.29, 0.717) is 6.42 Å². The zero-order chi connectivity index (χ0) is 10.8. The van der Waals surface area contributed by atoms with Crippen molar-refractivity contribution in [1.29, 1.82) is 0 Å². The van der Waals surface area contributed by atoms with Crippen LogP contribution in [0.5, 0.6) is 0 Å². The molecule has 1 aliphatic heterocycles. The number of nitrogens with zero attached hydrogens (tertiary/aromatic N) is 1. The summed E-state index contributed by atoms with van der Waals surface area (Å²) < 4.78 is 0. The van der Waals surface area contributed by atoms with Crippen molar-refractivity contribution in [2.45, 2.75) is 18.9 Å². The molecule has 1 saturated heterocycles. The number of hydrogen-bond acceptors (Lipinski definition) is 4. The number of amides is 3. The highest BCUT2D eigenvalue weighted by Gasteiger charge is 2.44. The summed E-state index contributed by atoms with van der Waals surface area (Å²) in [6, 6.07) is -0.556. The molecule has 0 aromatic rings. The van der Waals surface area contributed by atoms with E-state index in [2.05, 4.69) is 5.32 Å². The van der Waals surface area contributed by atoms with Crippen molar-refractivity contribution in [3.63, 3.8) is 0 Å². The van der Waals surface area contributed by atoms with Crippen LogP contribution in [0.15, 0.2) is 0 Å². The first-order chi connectivity index (χ1) is 6.61. The predicted octanol–water partition coefficient (Wildman–Crippen LogP) is -1.33. The highest BCUT2D eigenvalue weighted by atomic mass is 16.3. The molecule has 6 heteroatoms. The second-order valence-corrected chi connectivity index (χ2v) is 3.28. The maximum Gasteiger partial charge on any atom is 0.325 e. The average molecular weight is 202 g/mol. The van der Waals surface area contributed by atoms with Crippen LogP contribution in [-0.4, -0.2) is 52.3 Å². The summed E-state index contributed by atoms with van der Waals surface area (Å²) in [5, 5.41) is 20.6. The van der Waals surface area contributed by atoms with Gasteiger partial charge < -0.3 is 15.5 Å². The predicted molar refractivity (Wildman–Crippen MR) is 47.4 cm³/mol. The molecule has 0 aromatic heterocycles. The van der Waals surface area contributed by atoms with Gasteiger partial charge in [-0.25, -0.2) is 4.79 Å². The normalized spacial score (nSPS) is 17.5. The van der Waals surface area contributed by atoms with Crippen LogP contribution in [0.4, 0.5) is 4.79 Å². The standard InChI is InChI=1S/C8H14N2O4/c1-2-8(4-11,5-12)10-6(13)3-9-7(10)14/h11-12H,2-5H2,1H3,(H,9,14). The van der Waals surface area contributed by atoms with Gasteiger partial charge in [-0.15, -0.1) is 0 Å². The van der Waals surface area contributed by atoms with E-state index in [-0.39, 0.29) is 6.54 Å². The molecule has 6 nitrogen and oxygen atoms in total. The fraction of sp³-hybridized carbons (Fsp3) is 0.750. The molecule has 0 saturated carbocycles.